The number of nitrogens with one attached hydrogen (secondary N) is 2. The van der Waals surface area contributed by atoms with Crippen molar-refractivity contribution >= 4 is 23.3 Å². The van der Waals surface area contributed by atoms with Crippen molar-refractivity contribution in [3.63, 3.8) is 0 Å². The number of hydrogen-bond acceptors (Lipinski definition) is 6. The Hall–Kier alpha value is -2.85. The number of carbonyl (C=O) groups excluding carboxylic acids is 2. The molecule has 0 aliphatic carbocycles. The number of rotatable bonds is 9. The maximum absolute atomic E-state index is 12.6. The van der Waals surface area contributed by atoms with Crippen molar-refractivity contribution in [1.29, 1.82) is 0 Å². The van der Waals surface area contributed by atoms with E-state index in [-0.39, 0.29) is 24.7 Å². The third-order valence-electron chi connectivity index (χ3n) is 3.55. The van der Waals surface area contributed by atoms with E-state index in [2.05, 4.69) is 10.6 Å². The fourth-order valence-electron chi connectivity index (χ4n) is 1.94. The van der Waals surface area contributed by atoms with Gasteiger partial charge in [0, 0.05) is 18.7 Å². The average molecular weight is 391 g/mol. The maximum Gasteiger partial charge on any atom is 0.416 e. The standard InChI is InChI=1S/C16H20F3N3O5/c1-3-10(2)21-14(23)9-27-15(24)6-7-20-12-5-4-11(16(17,18)19)8-13(12)22(25)26/h4-5,8,10,20H,3,6-7,9H2,1-2H3,(H,21,23)/t10-/m0/s1. The first-order valence-electron chi connectivity index (χ1n) is 8.09. The molecule has 0 fully saturated rings. The van der Waals surface area contributed by atoms with Crippen LogP contribution in [0.2, 0.25) is 0 Å². The monoisotopic (exact) mass is 391 g/mol. The van der Waals surface area contributed by atoms with Crippen LogP contribution in [0.5, 0.6) is 0 Å². The lowest BCUT2D eigenvalue weighted by Gasteiger charge is -2.12. The van der Waals surface area contributed by atoms with Crippen LogP contribution in [0.4, 0.5) is 24.5 Å². The number of esters is 1. The number of amides is 1. The highest BCUT2D eigenvalue weighted by atomic mass is 19.4. The van der Waals surface area contributed by atoms with Crippen LogP contribution in [-0.2, 0) is 20.5 Å². The molecule has 0 unspecified atom stereocenters. The molecule has 1 rings (SSSR count). The Balaban J connectivity index is 2.55. The molecule has 0 aromatic heterocycles. The quantitative estimate of drug-likeness (QED) is 0.380. The molecule has 0 aliphatic heterocycles. The van der Waals surface area contributed by atoms with Crippen molar-refractivity contribution in [2.24, 2.45) is 0 Å². The molecule has 0 radical (unpaired) electrons. The molecule has 2 N–H and O–H groups in total. The minimum Gasteiger partial charge on any atom is -0.456 e. The minimum absolute atomic E-state index is 0.0573. The fourth-order valence-corrected chi connectivity index (χ4v) is 1.94. The lowest BCUT2D eigenvalue weighted by Crippen LogP contribution is -2.35. The molecule has 1 aromatic rings. The predicted octanol–water partition coefficient (Wildman–Crippen LogP) is 2.87. The Kier molecular flexibility index (Phi) is 8.00. The second kappa shape index (κ2) is 9.74. The Morgan fingerprint density at radius 1 is 1.33 bits per heavy atom. The second-order valence-corrected chi connectivity index (χ2v) is 5.70. The number of hydrogen-bond donors (Lipinski definition) is 2. The topological polar surface area (TPSA) is 111 Å². The summed E-state index contributed by atoms with van der Waals surface area (Å²) in [6, 6.07) is 1.98. The van der Waals surface area contributed by atoms with Crippen LogP contribution in [0.3, 0.4) is 0 Å². The third-order valence-corrected chi connectivity index (χ3v) is 3.55. The summed E-state index contributed by atoms with van der Waals surface area (Å²) in [7, 11) is 0. The number of ether oxygens (including phenoxy) is 1. The molecule has 27 heavy (non-hydrogen) atoms. The lowest BCUT2D eigenvalue weighted by atomic mass is 10.1. The molecule has 1 atom stereocenters. The number of nitrogens with zero attached hydrogens (tertiary/aromatic N) is 1. The molecule has 0 spiro atoms. The summed E-state index contributed by atoms with van der Waals surface area (Å²) in [5.41, 5.74) is -2.06. The number of alkyl halides is 3. The van der Waals surface area contributed by atoms with Crippen LogP contribution >= 0.6 is 0 Å². The SMILES string of the molecule is CC[C@H](C)NC(=O)COC(=O)CCNc1ccc(C(F)(F)F)cc1[N+](=O)[O-]. The average Bonchev–Trinajstić information content (AvgIpc) is 2.58. The molecule has 11 heteroatoms. The number of nitro benzene ring substituents is 1. The molecule has 0 heterocycles. The predicted molar refractivity (Wildman–Crippen MR) is 90.1 cm³/mol. The molecule has 0 saturated heterocycles. The number of nitro groups is 1. The maximum atomic E-state index is 12.6. The van der Waals surface area contributed by atoms with Gasteiger partial charge in [-0.15, -0.1) is 0 Å². The van der Waals surface area contributed by atoms with Crippen molar-refractivity contribution in [3.05, 3.63) is 33.9 Å². The fraction of sp³-hybridized carbons (Fsp3) is 0.500. The highest BCUT2D eigenvalue weighted by molar-refractivity contribution is 5.80. The molecule has 0 bridgehead atoms. The number of benzene rings is 1. The Morgan fingerprint density at radius 3 is 2.56 bits per heavy atom. The first-order valence-corrected chi connectivity index (χ1v) is 8.09. The van der Waals surface area contributed by atoms with Gasteiger partial charge in [-0.3, -0.25) is 19.7 Å². The van der Waals surface area contributed by atoms with Gasteiger partial charge in [0.05, 0.1) is 16.9 Å². The first kappa shape index (κ1) is 22.2. The Morgan fingerprint density at radius 2 is 2.00 bits per heavy atom. The van der Waals surface area contributed by atoms with Gasteiger partial charge < -0.3 is 15.4 Å². The van der Waals surface area contributed by atoms with Crippen LogP contribution in [0, 0.1) is 10.1 Å². The van der Waals surface area contributed by atoms with E-state index in [9.17, 15) is 32.9 Å². The molecule has 8 nitrogen and oxygen atoms in total. The van der Waals surface area contributed by atoms with Gasteiger partial charge in [0.2, 0.25) is 0 Å². The van der Waals surface area contributed by atoms with Gasteiger partial charge in [-0.05, 0) is 25.5 Å². The summed E-state index contributed by atoms with van der Waals surface area (Å²) in [5.74, 6) is -1.18. The van der Waals surface area contributed by atoms with Crippen LogP contribution in [-0.4, -0.2) is 36.0 Å². The molecular formula is C16H20F3N3O5. The highest BCUT2D eigenvalue weighted by Crippen LogP contribution is 2.34. The van der Waals surface area contributed by atoms with E-state index in [1.165, 1.54) is 0 Å². The zero-order valence-corrected chi connectivity index (χ0v) is 14.8. The van der Waals surface area contributed by atoms with E-state index in [4.69, 9.17) is 4.74 Å². The largest absolute Gasteiger partial charge is 0.456 e. The summed E-state index contributed by atoms with van der Waals surface area (Å²) < 4.78 is 42.7. The zero-order valence-electron chi connectivity index (χ0n) is 14.8. The molecular weight excluding hydrogens is 371 g/mol. The van der Waals surface area contributed by atoms with Crippen molar-refractivity contribution in [2.45, 2.75) is 38.9 Å². The number of carbonyl (C=O) groups is 2. The van der Waals surface area contributed by atoms with Gasteiger partial charge in [0.25, 0.3) is 11.6 Å². The van der Waals surface area contributed by atoms with Crippen LogP contribution in [0.15, 0.2) is 18.2 Å². The Bertz CT molecular complexity index is 694. The smallest absolute Gasteiger partial charge is 0.416 e. The molecule has 1 amide bonds. The van der Waals surface area contributed by atoms with Gasteiger partial charge >= 0.3 is 12.1 Å². The molecule has 0 saturated carbocycles. The Labute approximate surface area is 153 Å². The summed E-state index contributed by atoms with van der Waals surface area (Å²) in [5, 5.41) is 16.1. The molecule has 0 aliphatic rings. The van der Waals surface area contributed by atoms with E-state index in [1.54, 1.807) is 6.92 Å². The van der Waals surface area contributed by atoms with Crippen LogP contribution in [0.1, 0.15) is 32.3 Å². The summed E-state index contributed by atoms with van der Waals surface area (Å²) >= 11 is 0. The number of anilines is 1. The zero-order chi connectivity index (χ0) is 20.6. The minimum atomic E-state index is -4.71. The van der Waals surface area contributed by atoms with Crippen LogP contribution < -0.4 is 10.6 Å². The normalized spacial score (nSPS) is 12.2. The van der Waals surface area contributed by atoms with Crippen molar-refractivity contribution < 1.29 is 32.4 Å². The van der Waals surface area contributed by atoms with E-state index < -0.39 is 40.8 Å². The summed E-state index contributed by atoms with van der Waals surface area (Å²) in [4.78, 5) is 33.0. The highest BCUT2D eigenvalue weighted by Gasteiger charge is 2.33. The van der Waals surface area contributed by atoms with Crippen LogP contribution in [0.25, 0.3) is 0 Å². The van der Waals surface area contributed by atoms with Gasteiger partial charge in [-0.1, -0.05) is 6.92 Å². The molecule has 150 valence electrons. The van der Waals surface area contributed by atoms with Gasteiger partial charge in [-0.25, -0.2) is 0 Å². The van der Waals surface area contributed by atoms with Gasteiger partial charge in [0.1, 0.15) is 5.69 Å². The van der Waals surface area contributed by atoms with Crippen molar-refractivity contribution in [2.75, 3.05) is 18.5 Å². The lowest BCUT2D eigenvalue weighted by molar-refractivity contribution is -0.384. The van der Waals surface area contributed by atoms with Crippen molar-refractivity contribution in [3.8, 4) is 0 Å². The van der Waals surface area contributed by atoms with E-state index >= 15 is 0 Å². The summed E-state index contributed by atoms with van der Waals surface area (Å²) in [6.45, 7) is 3.10. The molecule has 1 aromatic carbocycles. The van der Waals surface area contributed by atoms with E-state index in [0.29, 0.717) is 12.1 Å². The van der Waals surface area contributed by atoms with Gasteiger partial charge in [0.15, 0.2) is 6.61 Å². The van der Waals surface area contributed by atoms with E-state index in [0.717, 1.165) is 12.5 Å². The van der Waals surface area contributed by atoms with Crippen molar-refractivity contribution in [1.82, 2.24) is 5.32 Å². The third kappa shape index (κ3) is 7.50. The van der Waals surface area contributed by atoms with Gasteiger partial charge in [-0.2, -0.15) is 13.2 Å². The summed E-state index contributed by atoms with van der Waals surface area (Å²) in [6.07, 6.45) is -4.22. The second-order valence-electron chi connectivity index (χ2n) is 5.70. The van der Waals surface area contributed by atoms with E-state index in [1.807, 2.05) is 6.92 Å². The first-order chi connectivity index (χ1) is 12.5. The number of halogens is 3.